The van der Waals surface area contributed by atoms with Crippen molar-refractivity contribution >= 4 is 21.9 Å². The topological polar surface area (TPSA) is 51.8 Å². The van der Waals surface area contributed by atoms with E-state index in [1.165, 1.54) is 22.3 Å². The van der Waals surface area contributed by atoms with Gasteiger partial charge in [-0.25, -0.2) is 15.0 Å². The van der Waals surface area contributed by atoms with Crippen LogP contribution in [0.25, 0.3) is 89.5 Å². The van der Waals surface area contributed by atoms with Gasteiger partial charge in [-0.1, -0.05) is 152 Å². The van der Waals surface area contributed by atoms with E-state index in [9.17, 15) is 0 Å². The molecule has 0 unspecified atom stereocenters. The monoisotopic (exact) mass is 627 g/mol. The number of aromatic nitrogens is 3. The lowest BCUT2D eigenvalue weighted by Crippen LogP contribution is -2.00. The second-order valence-electron chi connectivity index (χ2n) is 12.0. The lowest BCUT2D eigenvalue weighted by Gasteiger charge is -2.13. The van der Waals surface area contributed by atoms with Crippen LogP contribution in [0, 0.1) is 0 Å². The third-order valence-electron chi connectivity index (χ3n) is 8.96. The fourth-order valence-electron chi connectivity index (χ4n) is 6.57. The van der Waals surface area contributed by atoms with E-state index in [2.05, 4.69) is 103 Å². The Morgan fingerprint density at radius 3 is 1.49 bits per heavy atom. The number of fused-ring (bicyclic) bond motifs is 3. The molecule has 0 radical (unpaired) electrons. The van der Waals surface area contributed by atoms with Gasteiger partial charge in [0.15, 0.2) is 17.5 Å². The highest BCUT2D eigenvalue weighted by Gasteiger charge is 2.19. The van der Waals surface area contributed by atoms with Crippen LogP contribution in [0.1, 0.15) is 0 Å². The Balaban J connectivity index is 1.25. The van der Waals surface area contributed by atoms with E-state index in [-0.39, 0.29) is 0 Å². The van der Waals surface area contributed by atoms with Crippen molar-refractivity contribution in [1.82, 2.24) is 15.0 Å². The molecule has 7 aromatic carbocycles. The normalized spacial score (nSPS) is 11.3. The lowest BCUT2D eigenvalue weighted by atomic mass is 9.90. The van der Waals surface area contributed by atoms with Gasteiger partial charge in [0, 0.05) is 27.5 Å². The first kappa shape index (κ1) is 28.6. The van der Waals surface area contributed by atoms with Crippen molar-refractivity contribution in [2.24, 2.45) is 0 Å². The molecule has 0 atom stereocenters. The molecule has 4 heteroatoms. The van der Waals surface area contributed by atoms with Gasteiger partial charge in [-0.3, -0.25) is 0 Å². The minimum atomic E-state index is 0.601. The second kappa shape index (κ2) is 12.2. The summed E-state index contributed by atoms with van der Waals surface area (Å²) in [5.74, 6) is 1.85. The summed E-state index contributed by atoms with van der Waals surface area (Å²) in [4.78, 5) is 15.0. The van der Waals surface area contributed by atoms with E-state index < -0.39 is 0 Å². The van der Waals surface area contributed by atoms with E-state index in [0.717, 1.165) is 49.8 Å². The van der Waals surface area contributed by atoms with E-state index in [1.807, 2.05) is 72.8 Å². The van der Waals surface area contributed by atoms with Crippen LogP contribution >= 0.6 is 0 Å². The minimum Gasteiger partial charge on any atom is -0.456 e. The Morgan fingerprint density at radius 1 is 0.306 bits per heavy atom. The first-order chi connectivity index (χ1) is 24.3. The Morgan fingerprint density at radius 2 is 0.857 bits per heavy atom. The maximum atomic E-state index is 6.46. The van der Waals surface area contributed by atoms with E-state index in [1.54, 1.807) is 0 Å². The summed E-state index contributed by atoms with van der Waals surface area (Å²) in [6.07, 6.45) is 0. The van der Waals surface area contributed by atoms with Gasteiger partial charge in [-0.2, -0.15) is 0 Å². The van der Waals surface area contributed by atoms with Crippen molar-refractivity contribution < 1.29 is 4.42 Å². The summed E-state index contributed by atoms with van der Waals surface area (Å²) < 4.78 is 6.46. The summed E-state index contributed by atoms with van der Waals surface area (Å²) in [6, 6.07) is 60.5. The standard InChI is InChI=1S/C45H29N3O/c1-5-14-30(15-6-1)34-24-26-36(38(28-34)31-16-7-2-8-17-31)35-25-27-40-39(29-35)42-37(22-13-23-41(42)49-40)45-47-43(32-18-9-3-10-19-32)46-44(48-45)33-20-11-4-12-21-33/h1-29H. The third-order valence-corrected chi connectivity index (χ3v) is 8.96. The van der Waals surface area contributed by atoms with Crippen LogP contribution in [0.5, 0.6) is 0 Å². The molecular weight excluding hydrogens is 599 g/mol. The van der Waals surface area contributed by atoms with Crippen LogP contribution in [0.3, 0.4) is 0 Å². The highest BCUT2D eigenvalue weighted by Crippen LogP contribution is 2.41. The molecule has 0 N–H and O–H groups in total. The Labute approximate surface area is 284 Å². The minimum absolute atomic E-state index is 0.601. The van der Waals surface area contributed by atoms with E-state index in [0.29, 0.717) is 17.5 Å². The van der Waals surface area contributed by atoms with Crippen LogP contribution in [0.4, 0.5) is 0 Å². The molecule has 0 aliphatic carbocycles. The molecule has 4 nitrogen and oxygen atoms in total. The summed E-state index contributed by atoms with van der Waals surface area (Å²) in [5, 5.41) is 1.99. The summed E-state index contributed by atoms with van der Waals surface area (Å²) in [7, 11) is 0. The van der Waals surface area contributed by atoms with Gasteiger partial charge in [0.25, 0.3) is 0 Å². The Kier molecular flexibility index (Phi) is 7.10. The molecule has 230 valence electrons. The molecule has 2 heterocycles. The average Bonchev–Trinajstić information content (AvgIpc) is 3.57. The summed E-state index contributed by atoms with van der Waals surface area (Å²) in [5.41, 5.74) is 11.3. The number of hydrogen-bond donors (Lipinski definition) is 0. The molecule has 0 saturated heterocycles. The zero-order valence-corrected chi connectivity index (χ0v) is 26.5. The number of furan rings is 1. The van der Waals surface area contributed by atoms with Crippen molar-refractivity contribution in [2.75, 3.05) is 0 Å². The van der Waals surface area contributed by atoms with Crippen molar-refractivity contribution in [3.63, 3.8) is 0 Å². The predicted octanol–water partition coefficient (Wildman–Crippen LogP) is 11.8. The Hall–Kier alpha value is -6.65. The van der Waals surface area contributed by atoms with E-state index in [4.69, 9.17) is 19.4 Å². The van der Waals surface area contributed by atoms with Crippen LogP contribution < -0.4 is 0 Å². The molecule has 9 aromatic rings. The van der Waals surface area contributed by atoms with Crippen LogP contribution in [0.2, 0.25) is 0 Å². The third kappa shape index (κ3) is 5.35. The maximum Gasteiger partial charge on any atom is 0.164 e. The zero-order chi connectivity index (χ0) is 32.6. The smallest absolute Gasteiger partial charge is 0.164 e. The molecular formula is C45H29N3O. The summed E-state index contributed by atoms with van der Waals surface area (Å²) in [6.45, 7) is 0. The predicted molar refractivity (Wildman–Crippen MR) is 200 cm³/mol. The van der Waals surface area contributed by atoms with Crippen LogP contribution in [-0.4, -0.2) is 15.0 Å². The van der Waals surface area contributed by atoms with Crippen molar-refractivity contribution in [2.45, 2.75) is 0 Å². The van der Waals surface area contributed by atoms with Crippen molar-refractivity contribution in [1.29, 1.82) is 0 Å². The van der Waals surface area contributed by atoms with Crippen LogP contribution in [-0.2, 0) is 0 Å². The molecule has 9 rings (SSSR count). The average molecular weight is 628 g/mol. The van der Waals surface area contributed by atoms with Crippen molar-refractivity contribution in [3.05, 3.63) is 176 Å². The quantitative estimate of drug-likeness (QED) is 0.184. The fraction of sp³-hybridized carbons (Fsp3) is 0. The number of hydrogen-bond acceptors (Lipinski definition) is 4. The van der Waals surface area contributed by atoms with Gasteiger partial charge < -0.3 is 4.42 Å². The molecule has 0 fully saturated rings. The van der Waals surface area contributed by atoms with Gasteiger partial charge in [-0.15, -0.1) is 0 Å². The SMILES string of the molecule is c1ccc(-c2ccc(-c3ccc4oc5cccc(-c6nc(-c7ccccc7)nc(-c7ccccc7)n6)c5c4c3)c(-c3ccccc3)c2)cc1. The van der Waals surface area contributed by atoms with Gasteiger partial charge in [-0.05, 0) is 57.6 Å². The van der Waals surface area contributed by atoms with Crippen LogP contribution in [0.15, 0.2) is 180 Å². The lowest BCUT2D eigenvalue weighted by molar-refractivity contribution is 0.669. The van der Waals surface area contributed by atoms with Gasteiger partial charge in [0.05, 0.1) is 0 Å². The van der Waals surface area contributed by atoms with Crippen molar-refractivity contribution in [3.8, 4) is 67.5 Å². The highest BCUT2D eigenvalue weighted by atomic mass is 16.3. The highest BCUT2D eigenvalue weighted by molar-refractivity contribution is 6.13. The molecule has 0 aliphatic rings. The number of rotatable bonds is 6. The Bertz CT molecular complexity index is 2520. The molecule has 49 heavy (non-hydrogen) atoms. The fourth-order valence-corrected chi connectivity index (χ4v) is 6.57. The van der Waals surface area contributed by atoms with E-state index >= 15 is 0 Å². The van der Waals surface area contributed by atoms with Gasteiger partial charge in [0.1, 0.15) is 11.2 Å². The van der Waals surface area contributed by atoms with Gasteiger partial charge >= 0.3 is 0 Å². The zero-order valence-electron chi connectivity index (χ0n) is 26.5. The largest absolute Gasteiger partial charge is 0.456 e. The molecule has 2 aromatic heterocycles. The molecule has 0 saturated carbocycles. The molecule has 0 bridgehead atoms. The molecule has 0 amide bonds. The molecule has 0 aliphatic heterocycles. The maximum absolute atomic E-state index is 6.46. The first-order valence-corrected chi connectivity index (χ1v) is 16.4. The number of nitrogens with zero attached hydrogens (tertiary/aromatic N) is 3. The summed E-state index contributed by atoms with van der Waals surface area (Å²) >= 11 is 0. The molecule has 0 spiro atoms. The second-order valence-corrected chi connectivity index (χ2v) is 12.0. The van der Waals surface area contributed by atoms with Gasteiger partial charge in [0.2, 0.25) is 0 Å². The first-order valence-electron chi connectivity index (χ1n) is 16.4. The number of benzene rings is 7.